The summed E-state index contributed by atoms with van der Waals surface area (Å²) >= 11 is 0. The number of fused-ring (bicyclic) bond motifs is 10. The number of benzene rings is 9. The van der Waals surface area contributed by atoms with Crippen molar-refractivity contribution < 1.29 is 0 Å². The highest BCUT2D eigenvalue weighted by molar-refractivity contribution is 6.26. The summed E-state index contributed by atoms with van der Waals surface area (Å²) in [6, 6.07) is 77.7. The number of rotatable bonds is 6. The van der Waals surface area contributed by atoms with Crippen LogP contribution in [0.25, 0.3) is 77.2 Å². The predicted molar refractivity (Wildman–Crippen MR) is 253 cm³/mol. The average Bonchev–Trinajstić information content (AvgIpc) is 3.90. The van der Waals surface area contributed by atoms with E-state index in [-0.39, 0.29) is 5.41 Å². The Morgan fingerprint density at radius 1 is 0.367 bits per heavy atom. The summed E-state index contributed by atoms with van der Waals surface area (Å²) in [4.78, 5) is 2.39. The Morgan fingerprint density at radius 2 is 0.933 bits per heavy atom. The van der Waals surface area contributed by atoms with E-state index in [4.69, 9.17) is 0 Å². The van der Waals surface area contributed by atoms with Crippen LogP contribution in [0.3, 0.4) is 0 Å². The lowest BCUT2D eigenvalue weighted by atomic mass is 9.82. The zero-order valence-electron chi connectivity index (χ0n) is 33.5. The van der Waals surface area contributed by atoms with E-state index in [1.807, 2.05) is 0 Å². The van der Waals surface area contributed by atoms with Crippen LogP contribution in [0.1, 0.15) is 25.0 Å². The summed E-state index contributed by atoms with van der Waals surface area (Å²) in [7, 11) is 0. The van der Waals surface area contributed by atoms with Crippen molar-refractivity contribution in [3.63, 3.8) is 0 Å². The lowest BCUT2D eigenvalue weighted by Gasteiger charge is -2.28. The van der Waals surface area contributed by atoms with E-state index in [0.717, 1.165) is 28.4 Å². The Bertz CT molecular complexity index is 3430. The van der Waals surface area contributed by atoms with Gasteiger partial charge in [0.2, 0.25) is 0 Å². The highest BCUT2D eigenvalue weighted by Gasteiger charge is 2.35. The van der Waals surface area contributed by atoms with Crippen LogP contribution in [-0.4, -0.2) is 9.13 Å². The summed E-state index contributed by atoms with van der Waals surface area (Å²) in [6.45, 7) is 4.70. The Hall–Kier alpha value is -7.62. The Balaban J connectivity index is 1.01. The van der Waals surface area contributed by atoms with Crippen molar-refractivity contribution >= 4 is 60.7 Å². The lowest BCUT2D eigenvalue weighted by Crippen LogP contribution is -2.16. The molecule has 0 amide bonds. The van der Waals surface area contributed by atoms with Gasteiger partial charge < -0.3 is 14.0 Å². The molecule has 0 saturated carbocycles. The van der Waals surface area contributed by atoms with Crippen LogP contribution in [0, 0.1) is 0 Å². The molecule has 0 unspecified atom stereocenters. The molecule has 2 aromatic heterocycles. The summed E-state index contributed by atoms with van der Waals surface area (Å²) < 4.78 is 4.88. The minimum absolute atomic E-state index is 0.0822. The molecule has 0 N–H and O–H groups in total. The highest BCUT2D eigenvalue weighted by Crippen LogP contribution is 2.51. The number of nitrogens with zero attached hydrogens (tertiary/aromatic N) is 3. The lowest BCUT2D eigenvalue weighted by molar-refractivity contribution is 0.660. The van der Waals surface area contributed by atoms with Gasteiger partial charge in [-0.25, -0.2) is 0 Å². The Morgan fingerprint density at radius 3 is 1.70 bits per heavy atom. The first kappa shape index (κ1) is 34.4. The van der Waals surface area contributed by atoms with Gasteiger partial charge in [0.15, 0.2) is 0 Å². The predicted octanol–water partition coefficient (Wildman–Crippen LogP) is 15.3. The molecular weight excluding hydrogens is 727 g/mol. The molecule has 0 fully saturated rings. The zero-order chi connectivity index (χ0) is 40.0. The third kappa shape index (κ3) is 5.09. The van der Waals surface area contributed by atoms with Gasteiger partial charge in [0.05, 0.1) is 22.1 Å². The van der Waals surface area contributed by atoms with Crippen molar-refractivity contribution in [2.24, 2.45) is 0 Å². The fraction of sp³-hybridized carbons (Fsp3) is 0.0526. The van der Waals surface area contributed by atoms with Crippen LogP contribution < -0.4 is 4.90 Å². The molecule has 9 aromatic carbocycles. The SMILES string of the molecule is CC1(C)c2ccccc2-c2ccc(N(c3ccccc3)c3ccc(-c4ccc5c(c4)c4ccc6c(c7ccccc7n6-c6ccccc6)c4n5-c4ccccc4)cc3)cc21. The van der Waals surface area contributed by atoms with Crippen LogP contribution in [0.2, 0.25) is 0 Å². The molecule has 1 aliphatic rings. The van der Waals surface area contributed by atoms with Gasteiger partial charge in [-0.1, -0.05) is 141 Å². The minimum atomic E-state index is -0.0822. The molecule has 60 heavy (non-hydrogen) atoms. The molecule has 284 valence electrons. The van der Waals surface area contributed by atoms with Gasteiger partial charge in [-0.05, 0) is 118 Å². The van der Waals surface area contributed by atoms with Gasteiger partial charge in [0.1, 0.15) is 0 Å². The van der Waals surface area contributed by atoms with Crippen LogP contribution in [-0.2, 0) is 5.41 Å². The van der Waals surface area contributed by atoms with Gasteiger partial charge in [-0.2, -0.15) is 0 Å². The first-order valence-corrected chi connectivity index (χ1v) is 20.9. The van der Waals surface area contributed by atoms with Crippen LogP contribution in [0.4, 0.5) is 17.1 Å². The molecule has 2 heterocycles. The third-order valence-electron chi connectivity index (χ3n) is 12.9. The maximum Gasteiger partial charge on any atom is 0.0641 e. The smallest absolute Gasteiger partial charge is 0.0641 e. The van der Waals surface area contributed by atoms with Crippen LogP contribution >= 0.6 is 0 Å². The summed E-state index contributed by atoms with van der Waals surface area (Å²) in [5.41, 5.74) is 18.3. The topological polar surface area (TPSA) is 13.1 Å². The van der Waals surface area contributed by atoms with Crippen molar-refractivity contribution in [2.45, 2.75) is 19.3 Å². The molecule has 0 spiro atoms. The monoisotopic (exact) mass is 767 g/mol. The van der Waals surface area contributed by atoms with Crippen molar-refractivity contribution in [3.8, 4) is 33.6 Å². The second-order valence-electron chi connectivity index (χ2n) is 16.6. The first-order valence-electron chi connectivity index (χ1n) is 20.9. The molecule has 12 rings (SSSR count). The Kier molecular flexibility index (Phi) is 7.58. The second-order valence-corrected chi connectivity index (χ2v) is 16.6. The van der Waals surface area contributed by atoms with E-state index < -0.39 is 0 Å². The van der Waals surface area contributed by atoms with Crippen molar-refractivity contribution in [3.05, 3.63) is 223 Å². The van der Waals surface area contributed by atoms with Gasteiger partial charge >= 0.3 is 0 Å². The normalized spacial score (nSPS) is 13.0. The second kappa shape index (κ2) is 13.2. The summed E-state index contributed by atoms with van der Waals surface area (Å²) in [6.07, 6.45) is 0. The maximum atomic E-state index is 2.47. The van der Waals surface area contributed by atoms with Crippen molar-refractivity contribution in [2.75, 3.05) is 4.90 Å². The molecule has 0 saturated heterocycles. The molecule has 1 aliphatic carbocycles. The average molecular weight is 768 g/mol. The van der Waals surface area contributed by atoms with E-state index in [9.17, 15) is 0 Å². The Labute approximate surface area is 349 Å². The highest BCUT2D eigenvalue weighted by atomic mass is 15.1. The largest absolute Gasteiger partial charge is 0.310 e. The number of aromatic nitrogens is 2. The van der Waals surface area contributed by atoms with Gasteiger partial charge in [0.25, 0.3) is 0 Å². The molecular formula is C57H41N3. The molecule has 0 radical (unpaired) electrons. The molecule has 0 atom stereocenters. The fourth-order valence-corrected chi connectivity index (χ4v) is 10.1. The van der Waals surface area contributed by atoms with Crippen molar-refractivity contribution in [1.29, 1.82) is 0 Å². The number of hydrogen-bond donors (Lipinski definition) is 0. The van der Waals surface area contributed by atoms with E-state index in [0.29, 0.717) is 0 Å². The van der Waals surface area contributed by atoms with Crippen molar-refractivity contribution in [1.82, 2.24) is 9.13 Å². The molecule has 3 heteroatoms. The standard InChI is InChI=1S/C57H41N3/c1-57(2)50-24-14-12-22-45(50)46-32-31-44(37-51(46)57)58(40-16-6-3-7-17-40)43-29-26-38(27-30-43)39-28-34-53-49(36-39)47-33-35-54-55(56(47)60(53)42-20-10-5-11-21-42)48-23-13-15-25-52(48)59(54)41-18-8-4-9-19-41/h3-37H,1-2H3. The van der Waals surface area contributed by atoms with E-state index in [1.54, 1.807) is 0 Å². The summed E-state index contributed by atoms with van der Waals surface area (Å²) in [5, 5.41) is 4.99. The van der Waals surface area contributed by atoms with E-state index in [1.165, 1.54) is 77.0 Å². The molecule has 0 bridgehead atoms. The molecule has 11 aromatic rings. The molecule has 3 nitrogen and oxygen atoms in total. The number of para-hydroxylation sites is 4. The number of hydrogen-bond acceptors (Lipinski definition) is 1. The third-order valence-corrected chi connectivity index (χ3v) is 12.9. The first-order chi connectivity index (χ1) is 29.5. The fourth-order valence-electron chi connectivity index (χ4n) is 10.1. The van der Waals surface area contributed by atoms with Crippen LogP contribution in [0.5, 0.6) is 0 Å². The quantitative estimate of drug-likeness (QED) is 0.164. The van der Waals surface area contributed by atoms with E-state index >= 15 is 0 Å². The number of anilines is 3. The van der Waals surface area contributed by atoms with E-state index in [2.05, 4.69) is 240 Å². The van der Waals surface area contributed by atoms with Gasteiger partial charge in [0, 0.05) is 55.4 Å². The van der Waals surface area contributed by atoms with Gasteiger partial charge in [-0.3, -0.25) is 0 Å². The zero-order valence-corrected chi connectivity index (χ0v) is 33.5. The maximum absolute atomic E-state index is 2.47. The van der Waals surface area contributed by atoms with Gasteiger partial charge in [-0.15, -0.1) is 0 Å². The van der Waals surface area contributed by atoms with Crippen LogP contribution in [0.15, 0.2) is 212 Å². The molecule has 0 aliphatic heterocycles. The minimum Gasteiger partial charge on any atom is -0.310 e. The summed E-state index contributed by atoms with van der Waals surface area (Å²) in [5.74, 6) is 0.